The van der Waals surface area contributed by atoms with Gasteiger partial charge in [-0.2, -0.15) is 0 Å². The Labute approximate surface area is 126 Å². The van der Waals surface area contributed by atoms with Crippen LogP contribution in [0.4, 0.5) is 0 Å². The minimum atomic E-state index is 0.221. The average molecular weight is 291 g/mol. The fraction of sp³-hybridized carbons (Fsp3) is 0.647. The molecule has 3 rings (SSSR count). The first-order valence-electron chi connectivity index (χ1n) is 8.04. The van der Waals surface area contributed by atoms with E-state index in [9.17, 15) is 0 Å². The molecule has 1 aromatic carbocycles. The first-order valence-corrected chi connectivity index (χ1v) is 8.04. The van der Waals surface area contributed by atoms with E-state index in [0.29, 0.717) is 19.1 Å². The van der Waals surface area contributed by atoms with Gasteiger partial charge in [0, 0.05) is 6.61 Å². The van der Waals surface area contributed by atoms with Gasteiger partial charge in [-0.3, -0.25) is 0 Å². The Morgan fingerprint density at radius 1 is 1.19 bits per heavy atom. The number of rotatable bonds is 5. The highest BCUT2D eigenvalue weighted by atomic mass is 16.6. The molecule has 0 amide bonds. The molecule has 0 radical (unpaired) electrons. The standard InChI is InChI=1S/C17H25NO3/c1-3-7-18-16(17-12(2)6-8-21-17)13-4-5-14-15(11-13)20-10-9-19-14/h4-5,11-12,16-18H,3,6-10H2,1-2H3. The van der Waals surface area contributed by atoms with Gasteiger partial charge in [0.25, 0.3) is 0 Å². The fourth-order valence-corrected chi connectivity index (χ4v) is 3.12. The predicted octanol–water partition coefficient (Wildman–Crippen LogP) is 2.92. The molecular formula is C17H25NO3. The van der Waals surface area contributed by atoms with E-state index in [4.69, 9.17) is 14.2 Å². The Morgan fingerprint density at radius 2 is 2.00 bits per heavy atom. The van der Waals surface area contributed by atoms with Crippen molar-refractivity contribution in [3.8, 4) is 11.5 Å². The number of benzene rings is 1. The monoisotopic (exact) mass is 291 g/mol. The largest absolute Gasteiger partial charge is 0.486 e. The molecule has 0 saturated carbocycles. The Bertz CT molecular complexity index is 477. The molecule has 2 heterocycles. The Hall–Kier alpha value is -1.26. The Balaban J connectivity index is 1.84. The van der Waals surface area contributed by atoms with Crippen LogP contribution in [0.25, 0.3) is 0 Å². The van der Waals surface area contributed by atoms with Crippen LogP contribution >= 0.6 is 0 Å². The quantitative estimate of drug-likeness (QED) is 0.905. The van der Waals surface area contributed by atoms with Gasteiger partial charge < -0.3 is 19.5 Å². The van der Waals surface area contributed by atoms with Crippen LogP contribution in [0, 0.1) is 5.92 Å². The summed E-state index contributed by atoms with van der Waals surface area (Å²) in [5, 5.41) is 3.64. The van der Waals surface area contributed by atoms with Crippen molar-refractivity contribution in [3.05, 3.63) is 23.8 Å². The summed E-state index contributed by atoms with van der Waals surface area (Å²) in [6.45, 7) is 7.57. The highest BCUT2D eigenvalue weighted by Crippen LogP contribution is 2.36. The zero-order valence-corrected chi connectivity index (χ0v) is 12.9. The number of hydrogen-bond donors (Lipinski definition) is 1. The number of hydrogen-bond acceptors (Lipinski definition) is 4. The third kappa shape index (κ3) is 3.16. The van der Waals surface area contributed by atoms with E-state index in [1.807, 2.05) is 6.07 Å². The van der Waals surface area contributed by atoms with E-state index in [-0.39, 0.29) is 12.1 Å². The van der Waals surface area contributed by atoms with Crippen LogP contribution in [-0.2, 0) is 4.74 Å². The lowest BCUT2D eigenvalue weighted by Crippen LogP contribution is -2.35. The predicted molar refractivity (Wildman–Crippen MR) is 82.0 cm³/mol. The Morgan fingerprint density at radius 3 is 2.71 bits per heavy atom. The van der Waals surface area contributed by atoms with Gasteiger partial charge in [0.2, 0.25) is 0 Å². The molecule has 1 fully saturated rings. The van der Waals surface area contributed by atoms with Crippen LogP contribution in [0.3, 0.4) is 0 Å². The molecule has 0 aromatic heterocycles. The van der Waals surface area contributed by atoms with Gasteiger partial charge in [-0.25, -0.2) is 0 Å². The summed E-state index contributed by atoms with van der Waals surface area (Å²) in [5.41, 5.74) is 1.23. The molecule has 1 aromatic rings. The molecule has 3 unspecified atom stereocenters. The summed E-state index contributed by atoms with van der Waals surface area (Å²) in [6.07, 6.45) is 2.49. The van der Waals surface area contributed by atoms with E-state index in [1.54, 1.807) is 0 Å². The maximum atomic E-state index is 5.99. The summed E-state index contributed by atoms with van der Waals surface area (Å²) in [7, 11) is 0. The van der Waals surface area contributed by atoms with Crippen molar-refractivity contribution in [2.24, 2.45) is 5.92 Å². The lowest BCUT2D eigenvalue weighted by molar-refractivity contribution is 0.0605. The van der Waals surface area contributed by atoms with E-state index in [2.05, 4.69) is 31.3 Å². The van der Waals surface area contributed by atoms with Crippen LogP contribution in [0.2, 0.25) is 0 Å². The minimum absolute atomic E-state index is 0.221. The maximum absolute atomic E-state index is 5.99. The third-order valence-electron chi connectivity index (χ3n) is 4.31. The van der Waals surface area contributed by atoms with Crippen molar-refractivity contribution in [1.82, 2.24) is 5.32 Å². The molecule has 1 N–H and O–H groups in total. The van der Waals surface area contributed by atoms with Crippen molar-refractivity contribution >= 4 is 0 Å². The zero-order chi connectivity index (χ0) is 14.7. The van der Waals surface area contributed by atoms with Gasteiger partial charge in [-0.05, 0) is 43.0 Å². The van der Waals surface area contributed by atoms with Gasteiger partial charge in [0.05, 0.1) is 12.1 Å². The topological polar surface area (TPSA) is 39.7 Å². The molecule has 2 aliphatic heterocycles. The molecule has 0 spiro atoms. The molecule has 2 aliphatic rings. The number of nitrogens with one attached hydrogen (secondary N) is 1. The van der Waals surface area contributed by atoms with E-state index < -0.39 is 0 Å². The van der Waals surface area contributed by atoms with Crippen LogP contribution in [0.5, 0.6) is 11.5 Å². The molecule has 3 atom stereocenters. The van der Waals surface area contributed by atoms with Gasteiger partial charge >= 0.3 is 0 Å². The van der Waals surface area contributed by atoms with Crippen LogP contribution in [-0.4, -0.2) is 32.5 Å². The maximum Gasteiger partial charge on any atom is 0.161 e. The molecule has 4 nitrogen and oxygen atoms in total. The lowest BCUT2D eigenvalue weighted by atomic mass is 9.92. The third-order valence-corrected chi connectivity index (χ3v) is 4.31. The van der Waals surface area contributed by atoms with Crippen molar-refractivity contribution in [2.45, 2.75) is 38.8 Å². The molecule has 21 heavy (non-hydrogen) atoms. The summed E-state index contributed by atoms with van der Waals surface area (Å²) >= 11 is 0. The molecular weight excluding hydrogens is 266 g/mol. The molecule has 116 valence electrons. The van der Waals surface area contributed by atoms with Crippen molar-refractivity contribution in [1.29, 1.82) is 0 Å². The lowest BCUT2D eigenvalue weighted by Gasteiger charge is -2.29. The first kappa shape index (κ1) is 14.7. The van der Waals surface area contributed by atoms with Gasteiger partial charge in [0.15, 0.2) is 11.5 Å². The summed E-state index contributed by atoms with van der Waals surface area (Å²) in [6, 6.07) is 6.48. The van der Waals surface area contributed by atoms with Crippen LogP contribution in [0.15, 0.2) is 18.2 Å². The van der Waals surface area contributed by atoms with Crippen molar-refractivity contribution < 1.29 is 14.2 Å². The number of fused-ring (bicyclic) bond motifs is 1. The van der Waals surface area contributed by atoms with E-state index >= 15 is 0 Å². The van der Waals surface area contributed by atoms with Gasteiger partial charge in [0.1, 0.15) is 13.2 Å². The second-order valence-corrected chi connectivity index (χ2v) is 5.94. The normalized spacial score (nSPS) is 25.8. The Kier molecular flexibility index (Phi) is 4.66. The fourth-order valence-electron chi connectivity index (χ4n) is 3.12. The zero-order valence-electron chi connectivity index (χ0n) is 12.9. The first-order chi connectivity index (χ1) is 10.3. The molecule has 0 aliphatic carbocycles. The summed E-state index contributed by atoms with van der Waals surface area (Å²) in [4.78, 5) is 0. The summed E-state index contributed by atoms with van der Waals surface area (Å²) in [5.74, 6) is 2.28. The molecule has 4 heteroatoms. The highest BCUT2D eigenvalue weighted by molar-refractivity contribution is 5.45. The number of ether oxygens (including phenoxy) is 3. The van der Waals surface area contributed by atoms with Crippen molar-refractivity contribution in [3.63, 3.8) is 0 Å². The molecule has 1 saturated heterocycles. The van der Waals surface area contributed by atoms with Crippen molar-refractivity contribution in [2.75, 3.05) is 26.4 Å². The van der Waals surface area contributed by atoms with Crippen LogP contribution in [0.1, 0.15) is 38.3 Å². The van der Waals surface area contributed by atoms with Gasteiger partial charge in [-0.1, -0.05) is 19.9 Å². The SMILES string of the molecule is CCCNC(c1ccc2c(c1)OCCO2)C1OCCC1C. The van der Waals surface area contributed by atoms with E-state index in [0.717, 1.165) is 37.5 Å². The average Bonchev–Trinajstić information content (AvgIpc) is 2.94. The molecule has 0 bridgehead atoms. The second kappa shape index (κ2) is 6.67. The second-order valence-electron chi connectivity index (χ2n) is 5.94. The van der Waals surface area contributed by atoms with Crippen LogP contribution < -0.4 is 14.8 Å². The van der Waals surface area contributed by atoms with Gasteiger partial charge in [-0.15, -0.1) is 0 Å². The summed E-state index contributed by atoms with van der Waals surface area (Å²) < 4.78 is 17.3. The van der Waals surface area contributed by atoms with E-state index in [1.165, 1.54) is 5.56 Å². The minimum Gasteiger partial charge on any atom is -0.486 e. The smallest absolute Gasteiger partial charge is 0.161 e. The highest BCUT2D eigenvalue weighted by Gasteiger charge is 2.33.